The zero-order valence-electron chi connectivity index (χ0n) is 20.8. The molecule has 7 nitrogen and oxygen atoms in total. The van der Waals surface area contributed by atoms with Crippen molar-refractivity contribution in [2.75, 3.05) is 26.6 Å². The Morgan fingerprint density at radius 3 is 2.37 bits per heavy atom. The molecule has 0 aliphatic heterocycles. The molecule has 0 amide bonds. The van der Waals surface area contributed by atoms with Gasteiger partial charge < -0.3 is 19.5 Å². The van der Waals surface area contributed by atoms with Crippen LogP contribution in [0.25, 0.3) is 22.0 Å². The van der Waals surface area contributed by atoms with Gasteiger partial charge in [0, 0.05) is 23.1 Å². The van der Waals surface area contributed by atoms with Crippen molar-refractivity contribution in [3.05, 3.63) is 77.1 Å². The molecule has 0 radical (unpaired) electrons. The molecule has 35 heavy (non-hydrogen) atoms. The van der Waals surface area contributed by atoms with Crippen molar-refractivity contribution in [1.82, 2.24) is 9.97 Å². The van der Waals surface area contributed by atoms with Crippen molar-refractivity contribution in [2.45, 2.75) is 26.8 Å². The van der Waals surface area contributed by atoms with Gasteiger partial charge in [0.25, 0.3) is 0 Å². The normalized spacial score (nSPS) is 11.7. The summed E-state index contributed by atoms with van der Waals surface area (Å²) in [7, 11) is 4.49. The van der Waals surface area contributed by atoms with Crippen LogP contribution in [0.1, 0.15) is 40.3 Å². The Kier molecular flexibility index (Phi) is 6.87. The second-order valence-electron chi connectivity index (χ2n) is 8.38. The van der Waals surface area contributed by atoms with Gasteiger partial charge in [-0.1, -0.05) is 35.9 Å². The highest BCUT2D eigenvalue weighted by Crippen LogP contribution is 2.38. The highest BCUT2D eigenvalue weighted by molar-refractivity contribution is 5.97. The number of carbonyl (C=O) groups excluding carboxylic acids is 1. The Labute approximate surface area is 205 Å². The topological polar surface area (TPSA) is 82.6 Å². The molecule has 3 aromatic carbocycles. The average molecular weight is 472 g/mol. The van der Waals surface area contributed by atoms with E-state index in [0.717, 1.165) is 27.8 Å². The van der Waals surface area contributed by atoms with Crippen LogP contribution in [0.5, 0.6) is 11.5 Å². The maximum absolute atomic E-state index is 12.1. The lowest BCUT2D eigenvalue weighted by Gasteiger charge is -2.19. The van der Waals surface area contributed by atoms with E-state index < -0.39 is 5.97 Å². The Hall–Kier alpha value is -4.13. The van der Waals surface area contributed by atoms with Gasteiger partial charge in [-0.2, -0.15) is 0 Å². The fourth-order valence-electron chi connectivity index (χ4n) is 4.14. The van der Waals surface area contributed by atoms with E-state index in [2.05, 4.69) is 48.4 Å². The Balaban J connectivity index is 1.84. The standard InChI is InChI=1S/C28H29N3O4/c1-16-8-7-9-19(12-16)17(2)29-27-23-14-22(26(34-5)15-24(23)30-18(3)31-27)20-10-11-21(28(32)35-6)25(13-20)33-4/h7-15,17H,1-6H3,(H,29,30,31)/t17-/m1/s1. The van der Waals surface area contributed by atoms with Crippen LogP contribution in [0.4, 0.5) is 5.82 Å². The summed E-state index contributed by atoms with van der Waals surface area (Å²) in [4.78, 5) is 21.5. The van der Waals surface area contributed by atoms with Crippen LogP contribution in [0, 0.1) is 13.8 Å². The maximum Gasteiger partial charge on any atom is 0.341 e. The number of methoxy groups -OCH3 is 3. The molecular formula is C28H29N3O4. The fourth-order valence-corrected chi connectivity index (χ4v) is 4.14. The van der Waals surface area contributed by atoms with Crippen LogP contribution >= 0.6 is 0 Å². The first-order chi connectivity index (χ1) is 16.8. The monoisotopic (exact) mass is 471 g/mol. The zero-order valence-corrected chi connectivity index (χ0v) is 20.8. The molecule has 0 unspecified atom stereocenters. The van der Waals surface area contributed by atoms with Crippen LogP contribution < -0.4 is 14.8 Å². The molecule has 0 fully saturated rings. The number of nitrogens with zero attached hydrogens (tertiary/aromatic N) is 2. The predicted molar refractivity (Wildman–Crippen MR) is 137 cm³/mol. The van der Waals surface area contributed by atoms with E-state index in [4.69, 9.17) is 19.2 Å². The number of aromatic nitrogens is 2. The van der Waals surface area contributed by atoms with Crippen LogP contribution in [0.3, 0.4) is 0 Å². The van der Waals surface area contributed by atoms with Crippen LogP contribution in [0.2, 0.25) is 0 Å². The van der Waals surface area contributed by atoms with Gasteiger partial charge in [-0.3, -0.25) is 0 Å². The third-order valence-corrected chi connectivity index (χ3v) is 5.94. The number of esters is 1. The first-order valence-electron chi connectivity index (χ1n) is 11.3. The third-order valence-electron chi connectivity index (χ3n) is 5.94. The lowest BCUT2D eigenvalue weighted by atomic mass is 9.99. The van der Waals surface area contributed by atoms with Gasteiger partial charge in [0.05, 0.1) is 26.8 Å². The van der Waals surface area contributed by atoms with Crippen LogP contribution in [-0.2, 0) is 4.74 Å². The van der Waals surface area contributed by atoms with Crippen molar-refractivity contribution in [1.29, 1.82) is 0 Å². The van der Waals surface area contributed by atoms with Crippen LogP contribution in [0.15, 0.2) is 54.6 Å². The second kappa shape index (κ2) is 10.0. The molecule has 0 aliphatic carbocycles. The summed E-state index contributed by atoms with van der Waals surface area (Å²) in [5.74, 6) is 2.02. The predicted octanol–water partition coefficient (Wildman–Crippen LogP) is 5.89. The number of anilines is 1. The highest BCUT2D eigenvalue weighted by atomic mass is 16.5. The Morgan fingerprint density at radius 1 is 0.914 bits per heavy atom. The third kappa shape index (κ3) is 4.89. The Bertz CT molecular complexity index is 1400. The quantitative estimate of drug-likeness (QED) is 0.337. The Morgan fingerprint density at radius 2 is 1.69 bits per heavy atom. The van der Waals surface area contributed by atoms with Gasteiger partial charge >= 0.3 is 5.97 Å². The first kappa shape index (κ1) is 24.0. The van der Waals surface area contributed by atoms with E-state index in [1.54, 1.807) is 19.2 Å². The summed E-state index contributed by atoms with van der Waals surface area (Å²) in [5, 5.41) is 4.42. The largest absolute Gasteiger partial charge is 0.496 e. The number of benzene rings is 3. The number of hydrogen-bond donors (Lipinski definition) is 1. The summed E-state index contributed by atoms with van der Waals surface area (Å²) in [6.45, 7) is 6.07. The number of aryl methyl sites for hydroxylation is 2. The molecule has 0 spiro atoms. The van der Waals surface area contributed by atoms with Gasteiger partial charge in [-0.25, -0.2) is 14.8 Å². The van der Waals surface area contributed by atoms with E-state index in [0.29, 0.717) is 22.9 Å². The smallest absolute Gasteiger partial charge is 0.341 e. The van der Waals surface area contributed by atoms with E-state index >= 15 is 0 Å². The molecule has 0 saturated carbocycles. The number of rotatable bonds is 7. The lowest BCUT2D eigenvalue weighted by Crippen LogP contribution is -2.10. The average Bonchev–Trinajstić information content (AvgIpc) is 2.86. The molecule has 7 heteroatoms. The molecular weight excluding hydrogens is 442 g/mol. The van der Waals surface area contributed by atoms with Crippen LogP contribution in [-0.4, -0.2) is 37.3 Å². The fraction of sp³-hybridized carbons (Fsp3) is 0.250. The van der Waals surface area contributed by atoms with E-state index in [9.17, 15) is 4.79 Å². The summed E-state index contributed by atoms with van der Waals surface area (Å²) in [6.07, 6.45) is 0. The van der Waals surface area contributed by atoms with E-state index in [-0.39, 0.29) is 6.04 Å². The number of fused-ring (bicyclic) bond motifs is 1. The minimum atomic E-state index is -0.459. The minimum Gasteiger partial charge on any atom is -0.496 e. The van der Waals surface area contributed by atoms with Gasteiger partial charge in [0.15, 0.2) is 0 Å². The lowest BCUT2D eigenvalue weighted by molar-refractivity contribution is 0.0597. The van der Waals surface area contributed by atoms with E-state index in [1.807, 2.05) is 25.1 Å². The molecule has 0 saturated heterocycles. The van der Waals surface area contributed by atoms with E-state index in [1.165, 1.54) is 25.3 Å². The molecule has 1 N–H and O–H groups in total. The maximum atomic E-state index is 12.1. The van der Waals surface area contributed by atoms with Gasteiger partial charge in [0.1, 0.15) is 28.7 Å². The van der Waals surface area contributed by atoms with Crippen molar-refractivity contribution < 1.29 is 19.0 Å². The molecule has 1 atom stereocenters. The van der Waals surface area contributed by atoms with Crippen molar-refractivity contribution in [2.24, 2.45) is 0 Å². The second-order valence-corrected chi connectivity index (χ2v) is 8.38. The number of hydrogen-bond acceptors (Lipinski definition) is 7. The van der Waals surface area contributed by atoms with Crippen molar-refractivity contribution >= 4 is 22.7 Å². The van der Waals surface area contributed by atoms with Crippen molar-refractivity contribution in [3.63, 3.8) is 0 Å². The number of carbonyl (C=O) groups is 1. The van der Waals surface area contributed by atoms with Gasteiger partial charge in [-0.05, 0) is 50.1 Å². The van der Waals surface area contributed by atoms with Gasteiger partial charge in [0.2, 0.25) is 0 Å². The minimum absolute atomic E-state index is 0.0392. The molecule has 1 heterocycles. The zero-order chi connectivity index (χ0) is 25.1. The SMILES string of the molecule is COC(=O)c1ccc(-c2cc3c(N[C@H](C)c4cccc(C)c4)nc(C)nc3cc2OC)cc1OC. The molecule has 0 aliphatic rings. The number of nitrogens with one attached hydrogen (secondary N) is 1. The molecule has 4 aromatic rings. The number of ether oxygens (including phenoxy) is 3. The summed E-state index contributed by atoms with van der Waals surface area (Å²) >= 11 is 0. The van der Waals surface area contributed by atoms with Gasteiger partial charge in [-0.15, -0.1) is 0 Å². The molecule has 1 aromatic heterocycles. The molecule has 4 rings (SSSR count). The summed E-state index contributed by atoms with van der Waals surface area (Å²) in [5.41, 5.74) is 5.16. The molecule has 0 bridgehead atoms. The summed E-state index contributed by atoms with van der Waals surface area (Å²) in [6, 6.07) is 17.7. The summed E-state index contributed by atoms with van der Waals surface area (Å²) < 4.78 is 16.0. The van der Waals surface area contributed by atoms with Crippen molar-refractivity contribution in [3.8, 4) is 22.6 Å². The first-order valence-corrected chi connectivity index (χ1v) is 11.3. The highest BCUT2D eigenvalue weighted by Gasteiger charge is 2.18. The molecule has 180 valence electrons.